The number of carbonyl (C=O) groups is 2. The summed E-state index contributed by atoms with van der Waals surface area (Å²) in [5.74, 6) is 0.268. The predicted molar refractivity (Wildman–Crippen MR) is 103 cm³/mol. The zero-order chi connectivity index (χ0) is 18.6. The molecule has 0 aromatic heterocycles. The SMILES string of the molecule is CSCCC(NC(=O)OCc1ccccc1)C(=O)OCc1ccccc1. The fraction of sp³-hybridized carbons (Fsp3) is 0.300. The van der Waals surface area contributed by atoms with Gasteiger partial charge in [0.05, 0.1) is 0 Å². The average Bonchev–Trinajstić information content (AvgIpc) is 2.69. The fourth-order valence-corrected chi connectivity index (χ4v) is 2.69. The molecule has 0 radical (unpaired) electrons. The summed E-state index contributed by atoms with van der Waals surface area (Å²) >= 11 is 1.60. The van der Waals surface area contributed by atoms with Crippen LogP contribution in [0, 0.1) is 0 Å². The third-order valence-corrected chi connectivity index (χ3v) is 4.27. The molecular weight excluding hydrogens is 350 g/mol. The van der Waals surface area contributed by atoms with Crippen LogP contribution >= 0.6 is 11.8 Å². The first-order chi connectivity index (χ1) is 12.7. The van der Waals surface area contributed by atoms with E-state index in [1.54, 1.807) is 11.8 Å². The Hall–Kier alpha value is -2.47. The number of esters is 1. The Kier molecular flexibility index (Phi) is 8.55. The van der Waals surface area contributed by atoms with Crippen molar-refractivity contribution in [2.75, 3.05) is 12.0 Å². The smallest absolute Gasteiger partial charge is 0.408 e. The topological polar surface area (TPSA) is 64.6 Å². The van der Waals surface area contributed by atoms with Crippen molar-refractivity contribution in [3.05, 3.63) is 71.8 Å². The standard InChI is InChI=1S/C20H23NO4S/c1-26-13-12-18(19(22)24-14-16-8-4-2-5-9-16)21-20(23)25-15-17-10-6-3-7-11-17/h2-11,18H,12-15H2,1H3,(H,21,23). The second-order valence-electron chi connectivity index (χ2n) is 5.63. The molecule has 1 N–H and O–H groups in total. The van der Waals surface area contributed by atoms with Gasteiger partial charge in [-0.05, 0) is 29.6 Å². The zero-order valence-corrected chi connectivity index (χ0v) is 15.5. The average molecular weight is 373 g/mol. The Labute approximate surface area is 158 Å². The molecule has 5 nitrogen and oxygen atoms in total. The lowest BCUT2D eigenvalue weighted by Crippen LogP contribution is -2.42. The molecule has 138 valence electrons. The number of hydrogen-bond acceptors (Lipinski definition) is 5. The van der Waals surface area contributed by atoms with Crippen LogP contribution in [0.2, 0.25) is 0 Å². The predicted octanol–water partition coefficient (Wildman–Crippen LogP) is 3.78. The molecule has 26 heavy (non-hydrogen) atoms. The van der Waals surface area contributed by atoms with Crippen molar-refractivity contribution in [2.45, 2.75) is 25.7 Å². The highest BCUT2D eigenvalue weighted by Crippen LogP contribution is 2.07. The molecule has 1 unspecified atom stereocenters. The van der Waals surface area contributed by atoms with Gasteiger partial charge in [-0.25, -0.2) is 9.59 Å². The van der Waals surface area contributed by atoms with Crippen LogP contribution in [0.3, 0.4) is 0 Å². The molecule has 0 fully saturated rings. The van der Waals surface area contributed by atoms with Crippen LogP contribution in [0.1, 0.15) is 17.5 Å². The van der Waals surface area contributed by atoms with Gasteiger partial charge in [0.1, 0.15) is 19.3 Å². The fourth-order valence-electron chi connectivity index (χ4n) is 2.22. The molecule has 0 saturated heterocycles. The molecule has 2 rings (SSSR count). The summed E-state index contributed by atoms with van der Waals surface area (Å²) in [7, 11) is 0. The van der Waals surface area contributed by atoms with Crippen molar-refractivity contribution in [2.24, 2.45) is 0 Å². The van der Waals surface area contributed by atoms with Gasteiger partial charge in [-0.1, -0.05) is 60.7 Å². The maximum absolute atomic E-state index is 12.3. The molecule has 0 bridgehead atoms. The van der Waals surface area contributed by atoms with Gasteiger partial charge in [-0.2, -0.15) is 11.8 Å². The van der Waals surface area contributed by atoms with E-state index in [9.17, 15) is 9.59 Å². The summed E-state index contributed by atoms with van der Waals surface area (Å²) < 4.78 is 10.5. The minimum absolute atomic E-state index is 0.154. The molecular formula is C20H23NO4S. The van der Waals surface area contributed by atoms with Crippen LogP contribution in [0.4, 0.5) is 4.79 Å². The van der Waals surface area contributed by atoms with Crippen LogP contribution in [0.15, 0.2) is 60.7 Å². The molecule has 0 heterocycles. The minimum atomic E-state index is -0.727. The van der Waals surface area contributed by atoms with E-state index in [-0.39, 0.29) is 13.2 Å². The first-order valence-corrected chi connectivity index (χ1v) is 9.75. The number of amides is 1. The molecule has 0 aliphatic carbocycles. The highest BCUT2D eigenvalue weighted by molar-refractivity contribution is 7.98. The van der Waals surface area contributed by atoms with Gasteiger partial charge in [0.2, 0.25) is 0 Å². The lowest BCUT2D eigenvalue weighted by atomic mass is 10.2. The van der Waals surface area contributed by atoms with Gasteiger partial charge in [0.25, 0.3) is 0 Å². The first kappa shape index (κ1) is 19.8. The van der Waals surface area contributed by atoms with E-state index in [1.807, 2.05) is 66.9 Å². The van der Waals surface area contributed by atoms with Crippen LogP contribution in [-0.4, -0.2) is 30.1 Å². The Morgan fingerprint density at radius 3 is 2.00 bits per heavy atom. The van der Waals surface area contributed by atoms with E-state index in [1.165, 1.54) is 0 Å². The van der Waals surface area contributed by atoms with Crippen LogP contribution in [0.5, 0.6) is 0 Å². The number of benzene rings is 2. The van der Waals surface area contributed by atoms with E-state index < -0.39 is 18.1 Å². The largest absolute Gasteiger partial charge is 0.459 e. The van der Waals surface area contributed by atoms with Gasteiger partial charge in [-0.15, -0.1) is 0 Å². The van der Waals surface area contributed by atoms with Crippen molar-refractivity contribution in [1.82, 2.24) is 5.32 Å². The number of alkyl carbamates (subject to hydrolysis) is 1. The van der Waals surface area contributed by atoms with Gasteiger partial charge >= 0.3 is 12.1 Å². The van der Waals surface area contributed by atoms with Gasteiger partial charge < -0.3 is 14.8 Å². The Morgan fingerprint density at radius 2 is 1.46 bits per heavy atom. The summed E-state index contributed by atoms with van der Waals surface area (Å²) in [6, 6.07) is 18.1. The van der Waals surface area contributed by atoms with Gasteiger partial charge in [0.15, 0.2) is 0 Å². The van der Waals surface area contributed by atoms with Gasteiger partial charge in [-0.3, -0.25) is 0 Å². The second kappa shape index (κ2) is 11.2. The molecule has 0 saturated carbocycles. The lowest BCUT2D eigenvalue weighted by Gasteiger charge is -2.17. The number of carbonyl (C=O) groups excluding carboxylic acids is 2. The molecule has 2 aromatic carbocycles. The normalized spacial score (nSPS) is 11.4. The van der Waals surface area contributed by atoms with Crippen molar-refractivity contribution in [3.63, 3.8) is 0 Å². The molecule has 0 aliphatic heterocycles. The lowest BCUT2D eigenvalue weighted by molar-refractivity contribution is -0.147. The maximum atomic E-state index is 12.3. The summed E-state index contributed by atoms with van der Waals surface area (Å²) in [5.41, 5.74) is 1.78. The van der Waals surface area contributed by atoms with E-state index in [0.717, 1.165) is 16.9 Å². The van der Waals surface area contributed by atoms with Crippen molar-refractivity contribution in [1.29, 1.82) is 0 Å². The highest BCUT2D eigenvalue weighted by Gasteiger charge is 2.22. The molecule has 1 atom stereocenters. The number of hydrogen-bond donors (Lipinski definition) is 1. The van der Waals surface area contributed by atoms with E-state index >= 15 is 0 Å². The summed E-state index contributed by atoms with van der Waals surface area (Å²) in [6.07, 6.45) is 1.80. The summed E-state index contributed by atoms with van der Waals surface area (Å²) in [6.45, 7) is 0.331. The molecule has 2 aromatic rings. The highest BCUT2D eigenvalue weighted by atomic mass is 32.2. The number of rotatable bonds is 9. The van der Waals surface area contributed by atoms with Gasteiger partial charge in [0, 0.05) is 0 Å². The summed E-state index contributed by atoms with van der Waals surface area (Å²) in [4.78, 5) is 24.4. The second-order valence-corrected chi connectivity index (χ2v) is 6.62. The number of nitrogens with one attached hydrogen (secondary N) is 1. The summed E-state index contributed by atoms with van der Waals surface area (Å²) in [5, 5.41) is 2.61. The molecule has 0 spiro atoms. The molecule has 1 amide bonds. The minimum Gasteiger partial charge on any atom is -0.459 e. The zero-order valence-electron chi connectivity index (χ0n) is 14.7. The van der Waals surface area contributed by atoms with E-state index in [4.69, 9.17) is 9.47 Å². The monoisotopic (exact) mass is 373 g/mol. The van der Waals surface area contributed by atoms with Crippen molar-refractivity contribution >= 4 is 23.8 Å². The Balaban J connectivity index is 1.84. The van der Waals surface area contributed by atoms with Crippen LogP contribution in [-0.2, 0) is 27.5 Å². The van der Waals surface area contributed by atoms with Crippen molar-refractivity contribution in [3.8, 4) is 0 Å². The first-order valence-electron chi connectivity index (χ1n) is 8.35. The third kappa shape index (κ3) is 7.19. The van der Waals surface area contributed by atoms with Crippen LogP contribution < -0.4 is 5.32 Å². The number of thioether (sulfide) groups is 1. The maximum Gasteiger partial charge on any atom is 0.408 e. The van der Waals surface area contributed by atoms with Crippen molar-refractivity contribution < 1.29 is 19.1 Å². The van der Waals surface area contributed by atoms with E-state index in [2.05, 4.69) is 5.32 Å². The Morgan fingerprint density at radius 1 is 0.923 bits per heavy atom. The quantitative estimate of drug-likeness (QED) is 0.678. The third-order valence-electron chi connectivity index (χ3n) is 3.62. The molecule has 6 heteroatoms. The van der Waals surface area contributed by atoms with Crippen LogP contribution in [0.25, 0.3) is 0 Å². The molecule has 0 aliphatic rings. The Bertz CT molecular complexity index is 679. The van der Waals surface area contributed by atoms with E-state index in [0.29, 0.717) is 6.42 Å². The number of ether oxygens (including phenoxy) is 2.